The van der Waals surface area contributed by atoms with E-state index in [2.05, 4.69) is 14.9 Å². The summed E-state index contributed by atoms with van der Waals surface area (Å²) in [5, 5.41) is 12.9. The van der Waals surface area contributed by atoms with Gasteiger partial charge in [0.05, 0.1) is 21.2 Å². The second kappa shape index (κ2) is 6.76. The van der Waals surface area contributed by atoms with Gasteiger partial charge < -0.3 is 9.80 Å². The van der Waals surface area contributed by atoms with Gasteiger partial charge in [0.25, 0.3) is 0 Å². The van der Waals surface area contributed by atoms with Gasteiger partial charge in [0, 0.05) is 50.0 Å². The lowest BCUT2D eigenvalue weighted by Crippen LogP contribution is -2.47. The monoisotopic (exact) mass is 369 g/mol. The smallest absolute Gasteiger partial charge is 0.312 e. The summed E-state index contributed by atoms with van der Waals surface area (Å²) in [4.78, 5) is 23.9. The minimum Gasteiger partial charge on any atom is -0.367 e. The Kier molecular flexibility index (Phi) is 4.30. The molecule has 8 heteroatoms. The van der Waals surface area contributed by atoms with Crippen molar-refractivity contribution in [3.63, 3.8) is 0 Å². The first-order chi connectivity index (χ1) is 12.6. The van der Waals surface area contributed by atoms with Gasteiger partial charge in [0.1, 0.15) is 0 Å². The van der Waals surface area contributed by atoms with Crippen LogP contribution in [0, 0.1) is 10.1 Å². The van der Waals surface area contributed by atoms with Gasteiger partial charge in [-0.2, -0.15) is 0 Å². The number of nitrogens with zero attached hydrogens (tertiary/aromatic N) is 5. The Morgan fingerprint density at radius 1 is 1.08 bits per heavy atom. The molecule has 1 aromatic carbocycles. The van der Waals surface area contributed by atoms with Crippen LogP contribution in [0.25, 0.3) is 10.9 Å². The zero-order chi connectivity index (χ0) is 18.1. The first-order valence-corrected chi connectivity index (χ1v) is 8.65. The third kappa shape index (κ3) is 3.01. The van der Waals surface area contributed by atoms with E-state index in [1.807, 2.05) is 35.2 Å². The summed E-state index contributed by atoms with van der Waals surface area (Å²) >= 11 is 6.22. The van der Waals surface area contributed by atoms with Crippen molar-refractivity contribution in [3.8, 4) is 0 Å². The van der Waals surface area contributed by atoms with Crippen molar-refractivity contribution in [2.45, 2.75) is 0 Å². The number of hydrogen-bond donors (Lipinski definition) is 0. The molecule has 3 aromatic rings. The molecule has 1 aliphatic rings. The highest BCUT2D eigenvalue weighted by molar-refractivity contribution is 6.33. The molecule has 132 valence electrons. The number of aromatic nitrogens is 2. The van der Waals surface area contributed by atoms with E-state index in [1.54, 1.807) is 18.5 Å². The number of piperazine rings is 1. The van der Waals surface area contributed by atoms with E-state index in [1.165, 1.54) is 0 Å². The number of benzene rings is 1. The number of anilines is 2. The Labute approximate surface area is 155 Å². The molecule has 0 unspecified atom stereocenters. The van der Waals surface area contributed by atoms with E-state index in [0.717, 1.165) is 16.6 Å². The fraction of sp³-hybridized carbons (Fsp3) is 0.222. The number of halogens is 1. The predicted octanol–water partition coefficient (Wildman–Crippen LogP) is 3.52. The molecule has 0 amide bonds. The van der Waals surface area contributed by atoms with E-state index >= 15 is 0 Å². The SMILES string of the molecule is O=[N+]([O-])c1cc2ccccc2nc1N1CCN(c2ccncc2Cl)CC1. The van der Waals surface area contributed by atoms with Gasteiger partial charge in [-0.15, -0.1) is 0 Å². The van der Waals surface area contributed by atoms with Crippen LogP contribution in [0.1, 0.15) is 0 Å². The summed E-state index contributed by atoms with van der Waals surface area (Å²) < 4.78 is 0. The standard InChI is InChI=1S/C18H16ClN5O2/c19-14-12-20-6-5-16(14)22-7-9-23(10-8-22)18-17(24(25)26)11-13-3-1-2-4-15(13)21-18/h1-6,11-12H,7-10H2. The summed E-state index contributed by atoms with van der Waals surface area (Å²) in [6, 6.07) is 10.9. The summed E-state index contributed by atoms with van der Waals surface area (Å²) in [5.41, 5.74) is 1.73. The summed E-state index contributed by atoms with van der Waals surface area (Å²) in [6.45, 7) is 2.67. The lowest BCUT2D eigenvalue weighted by atomic mass is 10.2. The predicted molar refractivity (Wildman–Crippen MR) is 102 cm³/mol. The zero-order valence-electron chi connectivity index (χ0n) is 13.9. The van der Waals surface area contributed by atoms with Crippen LogP contribution in [0.2, 0.25) is 5.02 Å². The van der Waals surface area contributed by atoms with Crippen molar-refractivity contribution in [1.82, 2.24) is 9.97 Å². The highest BCUT2D eigenvalue weighted by Crippen LogP contribution is 2.32. The maximum absolute atomic E-state index is 11.5. The number of para-hydroxylation sites is 1. The molecule has 0 aliphatic carbocycles. The number of pyridine rings is 2. The molecule has 2 aromatic heterocycles. The molecule has 1 fully saturated rings. The van der Waals surface area contributed by atoms with E-state index in [0.29, 0.717) is 37.0 Å². The fourth-order valence-electron chi connectivity index (χ4n) is 3.25. The van der Waals surface area contributed by atoms with Crippen LogP contribution < -0.4 is 9.80 Å². The molecule has 4 rings (SSSR count). The third-order valence-electron chi connectivity index (χ3n) is 4.55. The van der Waals surface area contributed by atoms with Crippen molar-refractivity contribution >= 4 is 39.7 Å². The highest BCUT2D eigenvalue weighted by Gasteiger charge is 2.26. The second-order valence-corrected chi connectivity index (χ2v) is 6.49. The van der Waals surface area contributed by atoms with E-state index in [-0.39, 0.29) is 10.6 Å². The molecule has 0 spiro atoms. The van der Waals surface area contributed by atoms with E-state index in [4.69, 9.17) is 11.6 Å². The first kappa shape index (κ1) is 16.5. The largest absolute Gasteiger partial charge is 0.367 e. The lowest BCUT2D eigenvalue weighted by Gasteiger charge is -2.36. The Morgan fingerprint density at radius 3 is 2.54 bits per heavy atom. The molecular formula is C18H16ClN5O2. The van der Waals surface area contributed by atoms with Crippen LogP contribution in [0.4, 0.5) is 17.2 Å². The van der Waals surface area contributed by atoms with Crippen LogP contribution in [0.3, 0.4) is 0 Å². The quantitative estimate of drug-likeness (QED) is 0.519. The number of rotatable bonds is 3. The van der Waals surface area contributed by atoms with Crippen molar-refractivity contribution in [1.29, 1.82) is 0 Å². The third-order valence-corrected chi connectivity index (χ3v) is 4.84. The van der Waals surface area contributed by atoms with Gasteiger partial charge in [-0.1, -0.05) is 29.8 Å². The topological polar surface area (TPSA) is 75.4 Å². The van der Waals surface area contributed by atoms with Crippen LogP contribution >= 0.6 is 11.6 Å². The molecule has 3 heterocycles. The number of hydrogen-bond acceptors (Lipinski definition) is 6. The molecule has 0 saturated carbocycles. The molecule has 0 N–H and O–H groups in total. The molecule has 0 radical (unpaired) electrons. The molecule has 7 nitrogen and oxygen atoms in total. The van der Waals surface area contributed by atoms with Gasteiger partial charge >= 0.3 is 5.69 Å². The van der Waals surface area contributed by atoms with Crippen molar-refractivity contribution in [2.24, 2.45) is 0 Å². The van der Waals surface area contributed by atoms with Crippen LogP contribution in [-0.2, 0) is 0 Å². The molecule has 26 heavy (non-hydrogen) atoms. The van der Waals surface area contributed by atoms with Crippen LogP contribution in [0.5, 0.6) is 0 Å². The lowest BCUT2D eigenvalue weighted by molar-refractivity contribution is -0.384. The Bertz CT molecular complexity index is 973. The number of fused-ring (bicyclic) bond motifs is 1. The summed E-state index contributed by atoms with van der Waals surface area (Å²) in [6.07, 6.45) is 3.34. The Morgan fingerprint density at radius 2 is 1.81 bits per heavy atom. The average Bonchev–Trinajstić information content (AvgIpc) is 2.67. The van der Waals surface area contributed by atoms with Crippen molar-refractivity contribution in [2.75, 3.05) is 36.0 Å². The highest BCUT2D eigenvalue weighted by atomic mass is 35.5. The minimum atomic E-state index is -0.360. The molecule has 0 bridgehead atoms. The number of nitro groups is 1. The molecular weight excluding hydrogens is 354 g/mol. The Hall–Kier alpha value is -2.93. The average molecular weight is 370 g/mol. The normalized spacial score (nSPS) is 14.7. The van der Waals surface area contributed by atoms with Crippen molar-refractivity contribution in [3.05, 3.63) is 63.9 Å². The van der Waals surface area contributed by atoms with E-state index < -0.39 is 0 Å². The van der Waals surface area contributed by atoms with Gasteiger partial charge in [-0.3, -0.25) is 15.1 Å². The first-order valence-electron chi connectivity index (χ1n) is 8.27. The fourth-order valence-corrected chi connectivity index (χ4v) is 3.48. The molecule has 1 saturated heterocycles. The summed E-state index contributed by atoms with van der Waals surface area (Å²) in [5.74, 6) is 0.425. The van der Waals surface area contributed by atoms with E-state index in [9.17, 15) is 10.1 Å². The minimum absolute atomic E-state index is 0.0408. The molecule has 0 atom stereocenters. The second-order valence-electron chi connectivity index (χ2n) is 6.08. The zero-order valence-corrected chi connectivity index (χ0v) is 14.6. The van der Waals surface area contributed by atoms with Gasteiger partial charge in [0.15, 0.2) is 0 Å². The van der Waals surface area contributed by atoms with Crippen molar-refractivity contribution < 1.29 is 4.92 Å². The summed E-state index contributed by atoms with van der Waals surface area (Å²) in [7, 11) is 0. The van der Waals surface area contributed by atoms with Gasteiger partial charge in [0.2, 0.25) is 5.82 Å². The van der Waals surface area contributed by atoms with Crippen LogP contribution in [0.15, 0.2) is 48.8 Å². The van der Waals surface area contributed by atoms with Gasteiger partial charge in [-0.05, 0) is 12.1 Å². The molecule has 1 aliphatic heterocycles. The maximum atomic E-state index is 11.5. The Balaban J connectivity index is 1.62. The van der Waals surface area contributed by atoms with Gasteiger partial charge in [-0.25, -0.2) is 4.98 Å². The maximum Gasteiger partial charge on any atom is 0.312 e. The van der Waals surface area contributed by atoms with Crippen LogP contribution in [-0.4, -0.2) is 41.1 Å².